The van der Waals surface area contributed by atoms with Crippen LogP contribution in [0, 0.1) is 5.92 Å². The van der Waals surface area contributed by atoms with Crippen molar-refractivity contribution < 1.29 is 0 Å². The lowest BCUT2D eigenvalue weighted by molar-refractivity contribution is 0.229. The van der Waals surface area contributed by atoms with Crippen molar-refractivity contribution in [3.63, 3.8) is 0 Å². The molecule has 0 aromatic rings. The van der Waals surface area contributed by atoms with Crippen LogP contribution < -0.4 is 0 Å². The molecule has 0 bridgehead atoms. The van der Waals surface area contributed by atoms with Gasteiger partial charge in [0.25, 0.3) is 0 Å². The summed E-state index contributed by atoms with van der Waals surface area (Å²) < 4.78 is 0.571. The third-order valence-electron chi connectivity index (χ3n) is 4.23. The van der Waals surface area contributed by atoms with Crippen LogP contribution in [0.25, 0.3) is 0 Å². The molecular weight excluding hydrogens is 208 g/mol. The third-order valence-corrected chi connectivity index (χ3v) is 6.43. The van der Waals surface area contributed by atoms with E-state index in [0.717, 1.165) is 5.92 Å². The van der Waals surface area contributed by atoms with Crippen LogP contribution in [0.4, 0.5) is 0 Å². The van der Waals surface area contributed by atoms with Gasteiger partial charge in [0.2, 0.25) is 0 Å². The zero-order chi connectivity index (χ0) is 9.86. The normalized spacial score (nSPS) is 28.9. The Balaban J connectivity index is 2.01. The third kappa shape index (κ3) is 2.27. The molecule has 0 aromatic carbocycles. The highest BCUT2D eigenvalue weighted by atomic mass is 33.1. The van der Waals surface area contributed by atoms with E-state index in [1.165, 1.54) is 64.2 Å². The summed E-state index contributed by atoms with van der Waals surface area (Å²) in [5, 5.41) is 0. The van der Waals surface area contributed by atoms with Crippen molar-refractivity contribution in [1.82, 2.24) is 0 Å². The van der Waals surface area contributed by atoms with E-state index in [-0.39, 0.29) is 0 Å². The molecule has 0 atom stereocenters. The predicted octanol–water partition coefficient (Wildman–Crippen LogP) is 4.85. The summed E-state index contributed by atoms with van der Waals surface area (Å²) in [5.74, 6) is 0.985. The summed E-state index contributed by atoms with van der Waals surface area (Å²) in [6.07, 6.45) is 14.6. The molecule has 2 aliphatic carbocycles. The average molecular weight is 230 g/mol. The first kappa shape index (κ1) is 11.2. The van der Waals surface area contributed by atoms with Gasteiger partial charge in [0.15, 0.2) is 0 Å². The molecule has 2 saturated carbocycles. The smallest absolute Gasteiger partial charge is 0.0289 e. The molecule has 0 saturated heterocycles. The van der Waals surface area contributed by atoms with E-state index in [4.69, 9.17) is 0 Å². The fourth-order valence-electron chi connectivity index (χ4n) is 3.35. The van der Waals surface area contributed by atoms with Crippen LogP contribution in [0.2, 0.25) is 0 Å². The quantitative estimate of drug-likeness (QED) is 0.523. The Bertz CT molecular complexity index is 167. The van der Waals surface area contributed by atoms with Gasteiger partial charge >= 0.3 is 0 Å². The zero-order valence-corrected chi connectivity index (χ0v) is 10.7. The molecule has 0 spiro atoms. The molecule has 2 heteroatoms. The Kier molecular flexibility index (Phi) is 4.12. The maximum Gasteiger partial charge on any atom is 0.0289 e. The molecule has 0 heterocycles. The first-order valence-electron chi connectivity index (χ1n) is 6.20. The van der Waals surface area contributed by atoms with E-state index in [0.29, 0.717) is 4.75 Å². The molecular formula is C12H22S2. The van der Waals surface area contributed by atoms with Gasteiger partial charge in [0, 0.05) is 4.75 Å². The van der Waals surface area contributed by atoms with E-state index >= 15 is 0 Å². The lowest BCUT2D eigenvalue weighted by Gasteiger charge is -2.43. The van der Waals surface area contributed by atoms with Crippen molar-refractivity contribution in [3.8, 4) is 0 Å². The van der Waals surface area contributed by atoms with Gasteiger partial charge < -0.3 is 0 Å². The predicted molar refractivity (Wildman–Crippen MR) is 69.0 cm³/mol. The molecule has 0 radical (unpaired) electrons. The number of rotatable bonds is 2. The average Bonchev–Trinajstić information content (AvgIpc) is 2.31. The fourth-order valence-corrected chi connectivity index (χ4v) is 5.20. The van der Waals surface area contributed by atoms with Gasteiger partial charge in [-0.25, -0.2) is 0 Å². The molecule has 82 valence electrons. The largest absolute Gasteiger partial charge is 0.111 e. The first-order valence-corrected chi connectivity index (χ1v) is 8.07. The Morgan fingerprint density at radius 2 is 1.43 bits per heavy atom. The highest BCUT2D eigenvalue weighted by Crippen LogP contribution is 2.51. The Morgan fingerprint density at radius 1 is 0.857 bits per heavy atom. The lowest BCUT2D eigenvalue weighted by atomic mass is 9.72. The zero-order valence-electron chi connectivity index (χ0n) is 9.00. The standard InChI is InChI=1S/C12H22S2/c13-14-12(9-5-2-6-10-12)11-7-3-1-4-8-11/h11,13H,1-10H2. The highest BCUT2D eigenvalue weighted by Gasteiger charge is 2.39. The molecule has 2 fully saturated rings. The molecule has 0 amide bonds. The van der Waals surface area contributed by atoms with Crippen LogP contribution in [0.3, 0.4) is 0 Å². The van der Waals surface area contributed by atoms with E-state index in [2.05, 4.69) is 11.7 Å². The van der Waals surface area contributed by atoms with E-state index in [1.54, 1.807) is 0 Å². The summed E-state index contributed by atoms with van der Waals surface area (Å²) >= 11 is 4.58. The van der Waals surface area contributed by atoms with Gasteiger partial charge in [-0.2, -0.15) is 0 Å². The highest BCUT2D eigenvalue weighted by molar-refractivity contribution is 8.69. The van der Waals surface area contributed by atoms with Crippen molar-refractivity contribution in [2.45, 2.75) is 69.0 Å². The van der Waals surface area contributed by atoms with E-state index in [1.807, 2.05) is 10.8 Å². The number of thiol groups is 1. The Morgan fingerprint density at radius 3 is 2.00 bits per heavy atom. The fraction of sp³-hybridized carbons (Fsp3) is 1.00. The second-order valence-electron chi connectivity index (χ2n) is 5.05. The lowest BCUT2D eigenvalue weighted by Crippen LogP contribution is -2.37. The van der Waals surface area contributed by atoms with Crippen LogP contribution in [-0.2, 0) is 0 Å². The van der Waals surface area contributed by atoms with Crippen molar-refractivity contribution in [2.75, 3.05) is 0 Å². The number of hydrogen-bond donors (Lipinski definition) is 1. The summed E-state index contributed by atoms with van der Waals surface area (Å²) in [6.45, 7) is 0. The summed E-state index contributed by atoms with van der Waals surface area (Å²) in [7, 11) is 1.89. The molecule has 0 nitrogen and oxygen atoms in total. The van der Waals surface area contributed by atoms with Crippen molar-refractivity contribution in [3.05, 3.63) is 0 Å². The summed E-state index contributed by atoms with van der Waals surface area (Å²) in [4.78, 5) is 0. The van der Waals surface area contributed by atoms with E-state index < -0.39 is 0 Å². The molecule has 0 unspecified atom stereocenters. The minimum Gasteiger partial charge on any atom is -0.111 e. The van der Waals surface area contributed by atoms with E-state index in [9.17, 15) is 0 Å². The second-order valence-corrected chi connectivity index (χ2v) is 6.60. The summed E-state index contributed by atoms with van der Waals surface area (Å²) in [6, 6.07) is 0. The van der Waals surface area contributed by atoms with Gasteiger partial charge in [0.05, 0.1) is 0 Å². The molecule has 0 N–H and O–H groups in total. The SMILES string of the molecule is SSC1(C2CCCCC2)CCCCC1. The monoisotopic (exact) mass is 230 g/mol. The topological polar surface area (TPSA) is 0 Å². The van der Waals surface area contributed by atoms with Gasteiger partial charge in [0.1, 0.15) is 0 Å². The summed E-state index contributed by atoms with van der Waals surface area (Å²) in [5.41, 5.74) is 0. The minimum atomic E-state index is 0.571. The van der Waals surface area contributed by atoms with Crippen LogP contribution in [-0.4, -0.2) is 4.75 Å². The molecule has 0 aromatic heterocycles. The minimum absolute atomic E-state index is 0.571. The van der Waals surface area contributed by atoms with Crippen molar-refractivity contribution in [1.29, 1.82) is 0 Å². The van der Waals surface area contributed by atoms with Crippen LogP contribution in [0.5, 0.6) is 0 Å². The van der Waals surface area contributed by atoms with Gasteiger partial charge in [-0.1, -0.05) is 49.3 Å². The van der Waals surface area contributed by atoms with Crippen LogP contribution >= 0.6 is 22.5 Å². The Hall–Kier alpha value is 0.700. The first-order chi connectivity index (χ1) is 6.87. The maximum absolute atomic E-state index is 4.58. The van der Waals surface area contributed by atoms with Crippen molar-refractivity contribution >= 4 is 22.5 Å². The van der Waals surface area contributed by atoms with Crippen molar-refractivity contribution in [2.24, 2.45) is 5.92 Å². The van der Waals surface area contributed by atoms with Gasteiger partial charge in [-0.3, -0.25) is 0 Å². The number of hydrogen-bond acceptors (Lipinski definition) is 2. The molecule has 2 aliphatic rings. The van der Waals surface area contributed by atoms with Gasteiger partial charge in [-0.15, -0.1) is 11.7 Å². The molecule has 0 aliphatic heterocycles. The Labute approximate surface area is 97.4 Å². The van der Waals surface area contributed by atoms with Gasteiger partial charge in [-0.05, 0) is 31.6 Å². The molecule has 14 heavy (non-hydrogen) atoms. The second kappa shape index (κ2) is 5.16. The molecule has 2 rings (SSSR count). The van der Waals surface area contributed by atoms with Crippen LogP contribution in [0.1, 0.15) is 64.2 Å². The maximum atomic E-state index is 4.58. The van der Waals surface area contributed by atoms with Crippen LogP contribution in [0.15, 0.2) is 0 Å².